The number of aromatic nitrogens is 1. The number of nitrogens with one attached hydrogen (secondary N) is 1. The van der Waals surface area contributed by atoms with Crippen molar-refractivity contribution in [3.63, 3.8) is 0 Å². The van der Waals surface area contributed by atoms with Crippen LogP contribution in [0.15, 0.2) is 72.3 Å². The van der Waals surface area contributed by atoms with Crippen LogP contribution in [0, 0.1) is 31.0 Å². The van der Waals surface area contributed by atoms with Crippen molar-refractivity contribution in [2.24, 2.45) is 0 Å². The number of benzene rings is 3. The number of anilines is 1. The van der Waals surface area contributed by atoms with Gasteiger partial charge >= 0.3 is 0 Å². The molecular formula is C27H21ClFN3O. The molecule has 33 heavy (non-hydrogen) atoms. The summed E-state index contributed by atoms with van der Waals surface area (Å²) in [5, 5.41) is 13.9. The predicted octanol–water partition coefficient (Wildman–Crippen LogP) is 6.64. The average molecular weight is 458 g/mol. The fourth-order valence-electron chi connectivity index (χ4n) is 3.87. The number of hydrogen-bond donors (Lipinski definition) is 1. The largest absolute Gasteiger partial charge is 0.340 e. The Morgan fingerprint density at radius 2 is 1.91 bits per heavy atom. The molecule has 0 saturated heterocycles. The molecule has 0 unspecified atom stereocenters. The first-order chi connectivity index (χ1) is 15.9. The summed E-state index contributed by atoms with van der Waals surface area (Å²) < 4.78 is 15.8. The highest BCUT2D eigenvalue weighted by Gasteiger charge is 2.17. The highest BCUT2D eigenvalue weighted by Crippen LogP contribution is 2.29. The molecule has 1 heterocycles. The summed E-state index contributed by atoms with van der Waals surface area (Å²) in [6.45, 7) is 4.25. The molecule has 164 valence electrons. The molecule has 0 saturated carbocycles. The molecule has 4 aromatic rings. The third-order valence-corrected chi connectivity index (χ3v) is 5.85. The molecule has 0 aliphatic carbocycles. The zero-order valence-electron chi connectivity index (χ0n) is 18.2. The lowest BCUT2D eigenvalue weighted by Gasteiger charge is -2.09. The summed E-state index contributed by atoms with van der Waals surface area (Å²) in [5.74, 6) is -0.800. The Morgan fingerprint density at radius 1 is 1.12 bits per heavy atom. The van der Waals surface area contributed by atoms with E-state index in [0.29, 0.717) is 17.3 Å². The lowest BCUT2D eigenvalue weighted by atomic mass is 10.1. The summed E-state index contributed by atoms with van der Waals surface area (Å²) in [7, 11) is 0. The molecule has 6 heteroatoms. The van der Waals surface area contributed by atoms with Crippen molar-refractivity contribution in [2.75, 3.05) is 5.32 Å². The molecule has 0 atom stereocenters. The molecule has 4 nitrogen and oxygen atoms in total. The van der Waals surface area contributed by atoms with Gasteiger partial charge < -0.3 is 9.88 Å². The predicted molar refractivity (Wildman–Crippen MR) is 131 cm³/mol. The normalized spacial score (nSPS) is 11.4. The molecule has 1 N–H and O–H groups in total. The molecule has 0 spiro atoms. The summed E-state index contributed by atoms with van der Waals surface area (Å²) in [6.07, 6.45) is 1.61. The maximum Gasteiger partial charge on any atom is 0.266 e. The molecule has 1 amide bonds. The van der Waals surface area contributed by atoms with Crippen molar-refractivity contribution >= 4 is 40.2 Å². The van der Waals surface area contributed by atoms with E-state index in [1.807, 2.05) is 50.2 Å². The number of aryl methyl sites for hydroxylation is 1. The van der Waals surface area contributed by atoms with Crippen LogP contribution in [0.1, 0.15) is 22.4 Å². The van der Waals surface area contributed by atoms with Crippen LogP contribution in [0.2, 0.25) is 5.02 Å². The van der Waals surface area contributed by atoms with Crippen LogP contribution in [-0.2, 0) is 11.3 Å². The van der Waals surface area contributed by atoms with Gasteiger partial charge in [-0.2, -0.15) is 5.26 Å². The number of rotatable bonds is 5. The monoisotopic (exact) mass is 457 g/mol. The Bertz CT molecular complexity index is 1450. The first-order valence-corrected chi connectivity index (χ1v) is 10.8. The summed E-state index contributed by atoms with van der Waals surface area (Å²) >= 11 is 6.05. The van der Waals surface area contributed by atoms with Gasteiger partial charge in [0, 0.05) is 39.4 Å². The van der Waals surface area contributed by atoms with Gasteiger partial charge in [0.05, 0.1) is 0 Å². The molecule has 0 aliphatic rings. The maximum atomic E-state index is 13.7. The lowest BCUT2D eigenvalue weighted by Crippen LogP contribution is -2.14. The minimum Gasteiger partial charge on any atom is -0.340 e. The maximum absolute atomic E-state index is 13.7. The highest BCUT2D eigenvalue weighted by molar-refractivity contribution is 6.31. The van der Waals surface area contributed by atoms with E-state index in [4.69, 9.17) is 11.6 Å². The summed E-state index contributed by atoms with van der Waals surface area (Å²) in [4.78, 5) is 12.9. The molecule has 0 bridgehead atoms. The summed E-state index contributed by atoms with van der Waals surface area (Å²) in [6, 6.07) is 21.4. The van der Waals surface area contributed by atoms with Crippen molar-refractivity contribution in [3.8, 4) is 6.07 Å². The number of carbonyl (C=O) groups is 1. The zero-order valence-corrected chi connectivity index (χ0v) is 18.9. The van der Waals surface area contributed by atoms with Gasteiger partial charge in [0.2, 0.25) is 0 Å². The SMILES string of the molecule is Cc1ccc(Cl)cc1NC(=O)/C(C#N)=C/c1c(C)n(Cc2cccc(F)c2)c2ccccc12. The van der Waals surface area contributed by atoms with Crippen LogP contribution in [-0.4, -0.2) is 10.5 Å². The Morgan fingerprint density at radius 3 is 2.67 bits per heavy atom. The minimum absolute atomic E-state index is 0.0221. The van der Waals surface area contributed by atoms with Crippen molar-refractivity contribution in [2.45, 2.75) is 20.4 Å². The smallest absolute Gasteiger partial charge is 0.266 e. The number of amides is 1. The topological polar surface area (TPSA) is 57.8 Å². The zero-order chi connectivity index (χ0) is 23.5. The number of halogens is 2. The van der Waals surface area contributed by atoms with Gasteiger partial charge in [-0.1, -0.05) is 48.0 Å². The fourth-order valence-corrected chi connectivity index (χ4v) is 4.05. The van der Waals surface area contributed by atoms with Crippen LogP contribution in [0.5, 0.6) is 0 Å². The molecule has 0 radical (unpaired) electrons. The standard InChI is InChI=1S/C27H21ClFN3O/c1-17-10-11-21(28)14-25(17)31-27(33)20(15-30)13-24-18(2)32(26-9-4-3-8-23(24)26)16-19-6-5-7-22(29)12-19/h3-14H,16H2,1-2H3,(H,31,33)/b20-13+. The Balaban J connectivity index is 1.75. The summed E-state index contributed by atoms with van der Waals surface area (Å²) in [5.41, 5.74) is 4.78. The van der Waals surface area contributed by atoms with Crippen LogP contribution in [0.25, 0.3) is 17.0 Å². The van der Waals surface area contributed by atoms with Gasteiger partial charge in [-0.25, -0.2) is 4.39 Å². The van der Waals surface area contributed by atoms with Crippen molar-refractivity contribution < 1.29 is 9.18 Å². The van der Waals surface area contributed by atoms with E-state index in [2.05, 4.69) is 9.88 Å². The Labute approximate surface area is 196 Å². The number of hydrogen-bond acceptors (Lipinski definition) is 2. The highest BCUT2D eigenvalue weighted by atomic mass is 35.5. The third-order valence-electron chi connectivity index (χ3n) is 5.61. The molecule has 4 rings (SSSR count). The van der Waals surface area contributed by atoms with E-state index in [0.717, 1.165) is 33.3 Å². The molecule has 3 aromatic carbocycles. The minimum atomic E-state index is -0.510. The van der Waals surface area contributed by atoms with Gasteiger partial charge in [-0.15, -0.1) is 0 Å². The molecule has 0 fully saturated rings. The van der Waals surface area contributed by atoms with E-state index < -0.39 is 5.91 Å². The Kier molecular flexibility index (Phi) is 6.30. The second-order valence-electron chi connectivity index (χ2n) is 7.82. The second kappa shape index (κ2) is 9.32. The first kappa shape index (κ1) is 22.3. The van der Waals surface area contributed by atoms with Gasteiger partial charge in [0.25, 0.3) is 5.91 Å². The van der Waals surface area contributed by atoms with Gasteiger partial charge in [0.15, 0.2) is 0 Å². The number of carbonyl (C=O) groups excluding carboxylic acids is 1. The first-order valence-electron chi connectivity index (χ1n) is 10.4. The molecule has 1 aromatic heterocycles. The number of nitrogens with zero attached hydrogens (tertiary/aromatic N) is 2. The Hall–Kier alpha value is -3.88. The van der Waals surface area contributed by atoms with Crippen LogP contribution in [0.4, 0.5) is 10.1 Å². The van der Waals surface area contributed by atoms with E-state index >= 15 is 0 Å². The number of nitriles is 1. The number of fused-ring (bicyclic) bond motifs is 1. The van der Waals surface area contributed by atoms with Gasteiger partial charge in [-0.05, 0) is 61.4 Å². The van der Waals surface area contributed by atoms with E-state index in [9.17, 15) is 14.4 Å². The van der Waals surface area contributed by atoms with Crippen molar-refractivity contribution in [3.05, 3.63) is 106 Å². The third kappa shape index (κ3) is 4.67. The van der Waals surface area contributed by atoms with E-state index in [1.54, 1.807) is 30.3 Å². The van der Waals surface area contributed by atoms with Crippen LogP contribution >= 0.6 is 11.6 Å². The van der Waals surface area contributed by atoms with Crippen molar-refractivity contribution in [1.29, 1.82) is 5.26 Å². The second-order valence-corrected chi connectivity index (χ2v) is 8.25. The number of para-hydroxylation sites is 1. The van der Waals surface area contributed by atoms with Gasteiger partial charge in [-0.3, -0.25) is 4.79 Å². The molecule has 0 aliphatic heterocycles. The average Bonchev–Trinajstić information content (AvgIpc) is 3.05. The molecular weight excluding hydrogens is 437 g/mol. The van der Waals surface area contributed by atoms with Gasteiger partial charge in [0.1, 0.15) is 17.5 Å². The van der Waals surface area contributed by atoms with Crippen molar-refractivity contribution in [1.82, 2.24) is 4.57 Å². The quantitative estimate of drug-likeness (QED) is 0.269. The van der Waals surface area contributed by atoms with E-state index in [1.165, 1.54) is 12.1 Å². The fraction of sp³-hybridized carbons (Fsp3) is 0.111. The lowest BCUT2D eigenvalue weighted by molar-refractivity contribution is -0.112. The van der Waals surface area contributed by atoms with Crippen LogP contribution < -0.4 is 5.32 Å². The van der Waals surface area contributed by atoms with E-state index in [-0.39, 0.29) is 11.4 Å². The van der Waals surface area contributed by atoms with Crippen LogP contribution in [0.3, 0.4) is 0 Å².